The number of hydrogen-bond acceptors (Lipinski definition) is 3. The Morgan fingerprint density at radius 3 is 2.70 bits per heavy atom. The molecule has 1 aromatic heterocycles. The lowest BCUT2D eigenvalue weighted by molar-refractivity contribution is 0.0201. The van der Waals surface area contributed by atoms with Gasteiger partial charge in [-0.15, -0.1) is 0 Å². The number of likely N-dealkylation sites (tertiary alicyclic amines) is 2. The van der Waals surface area contributed by atoms with Crippen molar-refractivity contribution in [3.63, 3.8) is 0 Å². The normalized spacial score (nSPS) is 27.5. The average molecular weight is 323 g/mol. The molecule has 1 aromatic rings. The fraction of sp³-hybridized carbons (Fsp3) is 0.625. The summed E-state index contributed by atoms with van der Waals surface area (Å²) in [5.41, 5.74) is -0.661. The Bertz CT molecular complexity index is 589. The zero-order chi connectivity index (χ0) is 16.6. The lowest BCUT2D eigenvalue weighted by Gasteiger charge is -2.43. The van der Waals surface area contributed by atoms with Crippen LogP contribution in [0.15, 0.2) is 22.8 Å². The van der Waals surface area contributed by atoms with Crippen LogP contribution in [-0.2, 0) is 0 Å². The zero-order valence-corrected chi connectivity index (χ0v) is 13.5. The van der Waals surface area contributed by atoms with E-state index >= 15 is 0 Å². The summed E-state index contributed by atoms with van der Waals surface area (Å²) in [4.78, 5) is 29.4. The molecular formula is C16H22FN3O3. The Balaban J connectivity index is 1.73. The van der Waals surface area contributed by atoms with Gasteiger partial charge in [0.2, 0.25) is 0 Å². The quantitative estimate of drug-likeness (QED) is 0.792. The van der Waals surface area contributed by atoms with Crippen molar-refractivity contribution in [3.05, 3.63) is 24.2 Å². The molecule has 0 bridgehead atoms. The third-order valence-corrected chi connectivity index (χ3v) is 4.88. The lowest BCUT2D eigenvalue weighted by atomic mass is 9.77. The first-order valence-electron chi connectivity index (χ1n) is 7.86. The summed E-state index contributed by atoms with van der Waals surface area (Å²) in [5, 5.41) is 0. The smallest absolute Gasteiger partial charge is 0.319 e. The van der Waals surface area contributed by atoms with Crippen molar-refractivity contribution >= 4 is 11.9 Å². The molecule has 3 amide bonds. The molecule has 2 aliphatic rings. The van der Waals surface area contributed by atoms with Gasteiger partial charge >= 0.3 is 6.03 Å². The van der Waals surface area contributed by atoms with Crippen LogP contribution in [0.5, 0.6) is 0 Å². The summed E-state index contributed by atoms with van der Waals surface area (Å²) in [6.45, 7) is 1.59. The van der Waals surface area contributed by atoms with Gasteiger partial charge in [-0.05, 0) is 25.0 Å². The molecule has 2 atom stereocenters. The molecule has 0 radical (unpaired) electrons. The van der Waals surface area contributed by atoms with Crippen LogP contribution >= 0.6 is 0 Å². The van der Waals surface area contributed by atoms with Crippen molar-refractivity contribution in [2.24, 2.45) is 5.41 Å². The predicted octanol–water partition coefficient (Wildman–Crippen LogP) is 1.84. The van der Waals surface area contributed by atoms with E-state index in [0.29, 0.717) is 39.0 Å². The second kappa shape index (κ2) is 5.86. The zero-order valence-electron chi connectivity index (χ0n) is 13.5. The molecule has 6 nitrogen and oxygen atoms in total. The average Bonchev–Trinajstić information content (AvgIpc) is 3.19. The topological polar surface area (TPSA) is 57.0 Å². The molecule has 0 saturated carbocycles. The highest BCUT2D eigenvalue weighted by molar-refractivity contribution is 5.91. The lowest BCUT2D eigenvalue weighted by Crippen LogP contribution is -2.55. The van der Waals surface area contributed by atoms with Crippen molar-refractivity contribution in [1.29, 1.82) is 0 Å². The Labute approximate surface area is 134 Å². The van der Waals surface area contributed by atoms with E-state index in [1.165, 1.54) is 11.2 Å². The summed E-state index contributed by atoms with van der Waals surface area (Å²) in [7, 11) is 3.38. The Morgan fingerprint density at radius 2 is 2.04 bits per heavy atom. The number of rotatable bonds is 1. The maximum atomic E-state index is 14.6. The highest BCUT2D eigenvalue weighted by Gasteiger charge is 2.50. The standard InChI is InChI=1S/C16H22FN3O3/c1-18(2)15(22)20-7-5-13(17)16(11-20)6-8-19(10-16)14(21)12-4-3-9-23-12/h3-4,9,13H,5-8,10-11H2,1-2H3/t13-,16-/m1/s1. The molecule has 0 aliphatic carbocycles. The van der Waals surface area contributed by atoms with Crippen LogP contribution in [0.3, 0.4) is 0 Å². The van der Waals surface area contributed by atoms with Crippen LogP contribution in [0.2, 0.25) is 0 Å². The summed E-state index contributed by atoms with van der Waals surface area (Å²) in [5.74, 6) is 0.0598. The second-order valence-electron chi connectivity index (χ2n) is 6.67. The van der Waals surface area contributed by atoms with Crippen LogP contribution in [-0.4, -0.2) is 73.1 Å². The van der Waals surface area contributed by atoms with Gasteiger partial charge in [-0.2, -0.15) is 0 Å². The van der Waals surface area contributed by atoms with Crippen LogP contribution in [0, 0.1) is 5.41 Å². The molecule has 2 aliphatic heterocycles. The van der Waals surface area contributed by atoms with Gasteiger partial charge in [0.25, 0.3) is 5.91 Å². The molecule has 2 fully saturated rings. The molecule has 0 aromatic carbocycles. The van der Waals surface area contributed by atoms with Crippen LogP contribution in [0.1, 0.15) is 23.4 Å². The van der Waals surface area contributed by atoms with E-state index < -0.39 is 11.6 Å². The Kier molecular flexibility index (Phi) is 4.04. The van der Waals surface area contributed by atoms with Gasteiger partial charge in [0.15, 0.2) is 5.76 Å². The van der Waals surface area contributed by atoms with Crippen LogP contribution < -0.4 is 0 Å². The molecule has 126 valence electrons. The minimum atomic E-state index is -0.997. The van der Waals surface area contributed by atoms with E-state index in [0.717, 1.165) is 0 Å². The molecule has 2 saturated heterocycles. The molecular weight excluding hydrogens is 301 g/mol. The number of amides is 3. The number of alkyl halides is 1. The van der Waals surface area contributed by atoms with Crippen molar-refractivity contribution < 1.29 is 18.4 Å². The van der Waals surface area contributed by atoms with Crippen LogP contribution in [0.25, 0.3) is 0 Å². The van der Waals surface area contributed by atoms with Crippen LogP contribution in [0.4, 0.5) is 9.18 Å². The van der Waals surface area contributed by atoms with Gasteiger partial charge in [0.1, 0.15) is 6.17 Å². The first-order valence-corrected chi connectivity index (χ1v) is 7.86. The van der Waals surface area contributed by atoms with E-state index in [9.17, 15) is 14.0 Å². The number of hydrogen-bond donors (Lipinski definition) is 0. The van der Waals surface area contributed by atoms with Gasteiger partial charge in [-0.25, -0.2) is 9.18 Å². The third kappa shape index (κ3) is 2.80. The summed E-state index contributed by atoms with van der Waals surface area (Å²) in [6, 6.07) is 3.17. The predicted molar refractivity (Wildman–Crippen MR) is 81.8 cm³/mol. The van der Waals surface area contributed by atoms with Crippen molar-refractivity contribution in [2.75, 3.05) is 40.3 Å². The van der Waals surface area contributed by atoms with Gasteiger partial charge in [-0.1, -0.05) is 0 Å². The van der Waals surface area contributed by atoms with Gasteiger partial charge in [-0.3, -0.25) is 4.79 Å². The minimum absolute atomic E-state index is 0.105. The first kappa shape index (κ1) is 15.8. The first-order chi connectivity index (χ1) is 10.9. The summed E-state index contributed by atoms with van der Waals surface area (Å²) >= 11 is 0. The number of piperidine rings is 1. The van der Waals surface area contributed by atoms with Gasteiger partial charge in [0, 0.05) is 45.7 Å². The van der Waals surface area contributed by atoms with Crippen molar-refractivity contribution in [1.82, 2.24) is 14.7 Å². The minimum Gasteiger partial charge on any atom is -0.459 e. The van der Waals surface area contributed by atoms with E-state index in [1.807, 2.05) is 0 Å². The molecule has 3 heterocycles. The van der Waals surface area contributed by atoms with Crippen molar-refractivity contribution in [2.45, 2.75) is 19.0 Å². The third-order valence-electron chi connectivity index (χ3n) is 4.88. The molecule has 3 rings (SSSR count). The fourth-order valence-electron chi connectivity index (χ4n) is 3.59. The monoisotopic (exact) mass is 323 g/mol. The number of carbonyl (C=O) groups is 2. The number of nitrogens with zero attached hydrogens (tertiary/aromatic N) is 3. The molecule has 0 N–H and O–H groups in total. The summed E-state index contributed by atoms with van der Waals surface area (Å²) < 4.78 is 19.8. The fourth-order valence-corrected chi connectivity index (χ4v) is 3.59. The maximum absolute atomic E-state index is 14.6. The Hall–Kier alpha value is -2.05. The number of urea groups is 1. The maximum Gasteiger partial charge on any atom is 0.319 e. The highest BCUT2D eigenvalue weighted by Crippen LogP contribution is 2.41. The molecule has 1 spiro atoms. The number of furan rings is 1. The second-order valence-corrected chi connectivity index (χ2v) is 6.67. The summed E-state index contributed by atoms with van der Waals surface area (Å²) in [6.07, 6.45) is 1.35. The van der Waals surface area contributed by atoms with Gasteiger partial charge in [0.05, 0.1) is 6.26 Å². The Morgan fingerprint density at radius 1 is 1.30 bits per heavy atom. The number of carbonyl (C=O) groups excluding carboxylic acids is 2. The highest BCUT2D eigenvalue weighted by atomic mass is 19.1. The van der Waals surface area contributed by atoms with E-state index in [2.05, 4.69) is 0 Å². The van der Waals surface area contributed by atoms with E-state index in [4.69, 9.17) is 4.42 Å². The molecule has 0 unspecified atom stereocenters. The number of halogens is 1. The van der Waals surface area contributed by atoms with Crippen molar-refractivity contribution in [3.8, 4) is 0 Å². The van der Waals surface area contributed by atoms with Gasteiger partial charge < -0.3 is 19.1 Å². The van der Waals surface area contributed by atoms with E-state index in [-0.39, 0.29) is 17.7 Å². The van der Waals surface area contributed by atoms with E-state index in [1.54, 1.807) is 36.0 Å². The SMILES string of the molecule is CN(C)C(=O)N1CC[C@@H](F)[C@@]2(CCN(C(=O)c3ccco3)C2)C1. The molecule has 23 heavy (non-hydrogen) atoms. The molecule has 7 heteroatoms. The largest absolute Gasteiger partial charge is 0.459 e.